The van der Waals surface area contributed by atoms with Gasteiger partial charge in [0.2, 0.25) is 0 Å². The summed E-state index contributed by atoms with van der Waals surface area (Å²) in [6, 6.07) is 2.51. The van der Waals surface area contributed by atoms with Crippen molar-refractivity contribution in [3.05, 3.63) is 23.5 Å². The number of esters is 1. The fraction of sp³-hybridized carbons (Fsp3) is 0.500. The van der Waals surface area contributed by atoms with Crippen LogP contribution in [0.3, 0.4) is 0 Å². The van der Waals surface area contributed by atoms with Crippen LogP contribution in [-0.4, -0.2) is 53.6 Å². The van der Waals surface area contributed by atoms with E-state index in [1.165, 1.54) is 13.2 Å². The first-order chi connectivity index (χ1) is 10.0. The molecule has 0 bridgehead atoms. The molecule has 2 N–H and O–H groups in total. The van der Waals surface area contributed by atoms with Gasteiger partial charge in [-0.1, -0.05) is 0 Å². The van der Waals surface area contributed by atoms with E-state index in [0.717, 1.165) is 6.07 Å². The van der Waals surface area contributed by atoms with Gasteiger partial charge >= 0.3 is 5.97 Å². The molecule has 0 amide bonds. The molecule has 118 valence electrons. The Labute approximate surface area is 123 Å². The second-order valence-electron chi connectivity index (χ2n) is 4.36. The molecule has 6 nitrogen and oxygen atoms in total. The number of ether oxygens (including phenoxy) is 3. The smallest absolute Gasteiger partial charge is 0.340 e. The predicted molar refractivity (Wildman–Crippen MR) is 78.1 cm³/mol. The molecular formula is C14H21FN2O4. The number of anilines is 2. The average molecular weight is 300 g/mol. The number of rotatable bonds is 8. The fourth-order valence-corrected chi connectivity index (χ4v) is 1.86. The highest BCUT2D eigenvalue weighted by molar-refractivity contribution is 5.96. The van der Waals surface area contributed by atoms with E-state index in [9.17, 15) is 9.18 Å². The van der Waals surface area contributed by atoms with Gasteiger partial charge in [-0.15, -0.1) is 0 Å². The van der Waals surface area contributed by atoms with E-state index in [4.69, 9.17) is 15.2 Å². The molecule has 0 aromatic heterocycles. The summed E-state index contributed by atoms with van der Waals surface area (Å²) in [6.45, 7) is 1.75. The van der Waals surface area contributed by atoms with Gasteiger partial charge in [0.25, 0.3) is 0 Å². The summed E-state index contributed by atoms with van der Waals surface area (Å²) in [7, 11) is 4.37. The maximum atomic E-state index is 14.1. The summed E-state index contributed by atoms with van der Waals surface area (Å²) in [5.74, 6) is -1.11. The van der Waals surface area contributed by atoms with Crippen LogP contribution < -0.4 is 10.6 Å². The molecule has 1 aromatic rings. The highest BCUT2D eigenvalue weighted by Gasteiger charge is 2.18. The third-order valence-corrected chi connectivity index (χ3v) is 3.00. The Kier molecular flexibility index (Phi) is 6.90. The lowest BCUT2D eigenvalue weighted by Crippen LogP contribution is -2.31. The van der Waals surface area contributed by atoms with Gasteiger partial charge in [-0.3, -0.25) is 0 Å². The summed E-state index contributed by atoms with van der Waals surface area (Å²) in [4.78, 5) is 13.4. The Hall–Kier alpha value is -1.86. The number of nitrogen functional groups attached to an aromatic ring is 1. The van der Waals surface area contributed by atoms with E-state index in [-0.39, 0.29) is 16.9 Å². The molecule has 0 spiro atoms. The van der Waals surface area contributed by atoms with Crippen LogP contribution in [0.4, 0.5) is 15.8 Å². The number of hydrogen-bond donors (Lipinski definition) is 1. The molecule has 0 saturated carbocycles. The summed E-state index contributed by atoms with van der Waals surface area (Å²) >= 11 is 0. The lowest BCUT2D eigenvalue weighted by atomic mass is 10.1. The monoisotopic (exact) mass is 300 g/mol. The maximum absolute atomic E-state index is 14.1. The number of benzene rings is 1. The van der Waals surface area contributed by atoms with Crippen LogP contribution in [0.2, 0.25) is 0 Å². The molecule has 0 aliphatic rings. The van der Waals surface area contributed by atoms with Crippen molar-refractivity contribution in [2.24, 2.45) is 0 Å². The minimum Gasteiger partial charge on any atom is -0.465 e. The first-order valence-electron chi connectivity index (χ1n) is 6.45. The van der Waals surface area contributed by atoms with Crippen LogP contribution in [0.1, 0.15) is 10.4 Å². The zero-order valence-electron chi connectivity index (χ0n) is 12.5. The lowest BCUT2D eigenvalue weighted by molar-refractivity contribution is 0.0602. The Morgan fingerprint density at radius 3 is 2.24 bits per heavy atom. The molecule has 0 unspecified atom stereocenters. The van der Waals surface area contributed by atoms with Crippen LogP contribution in [0.5, 0.6) is 0 Å². The molecule has 0 saturated heterocycles. The van der Waals surface area contributed by atoms with Gasteiger partial charge in [0, 0.05) is 33.0 Å². The number of carbonyl (C=O) groups excluding carboxylic acids is 1. The van der Waals surface area contributed by atoms with Gasteiger partial charge in [0.1, 0.15) is 5.82 Å². The van der Waals surface area contributed by atoms with E-state index < -0.39 is 11.8 Å². The van der Waals surface area contributed by atoms with Gasteiger partial charge in [0.05, 0.1) is 31.6 Å². The number of hydrogen-bond acceptors (Lipinski definition) is 6. The van der Waals surface area contributed by atoms with Crippen molar-refractivity contribution >= 4 is 17.3 Å². The number of halogens is 1. The minimum absolute atomic E-state index is 0.0431. The van der Waals surface area contributed by atoms with Crippen molar-refractivity contribution < 1.29 is 23.4 Å². The molecule has 0 aliphatic carbocycles. The quantitative estimate of drug-likeness (QED) is 0.576. The van der Waals surface area contributed by atoms with Crippen LogP contribution in [-0.2, 0) is 14.2 Å². The second kappa shape index (κ2) is 8.43. The van der Waals surface area contributed by atoms with Crippen molar-refractivity contribution in [2.75, 3.05) is 58.3 Å². The average Bonchev–Trinajstić information content (AvgIpc) is 2.47. The zero-order chi connectivity index (χ0) is 15.8. The van der Waals surface area contributed by atoms with Gasteiger partial charge in [-0.25, -0.2) is 9.18 Å². The second-order valence-corrected chi connectivity index (χ2v) is 4.36. The predicted octanol–water partition coefficient (Wildman–Crippen LogP) is 1.29. The molecule has 7 heteroatoms. The summed E-state index contributed by atoms with van der Waals surface area (Å²) < 4.78 is 28.8. The number of methoxy groups -OCH3 is 3. The Bertz CT molecular complexity index is 474. The third kappa shape index (κ3) is 4.57. The van der Waals surface area contributed by atoms with Gasteiger partial charge in [0.15, 0.2) is 0 Å². The molecule has 1 aromatic carbocycles. The van der Waals surface area contributed by atoms with Crippen LogP contribution >= 0.6 is 0 Å². The van der Waals surface area contributed by atoms with E-state index in [1.54, 1.807) is 19.1 Å². The van der Waals surface area contributed by atoms with E-state index in [1.807, 2.05) is 0 Å². The van der Waals surface area contributed by atoms with E-state index in [0.29, 0.717) is 26.3 Å². The topological polar surface area (TPSA) is 74.0 Å². The van der Waals surface area contributed by atoms with E-state index >= 15 is 0 Å². The summed E-state index contributed by atoms with van der Waals surface area (Å²) in [5.41, 5.74) is 6.10. The molecular weight excluding hydrogens is 279 g/mol. The van der Waals surface area contributed by atoms with Gasteiger partial charge < -0.3 is 24.8 Å². The van der Waals surface area contributed by atoms with Gasteiger partial charge in [-0.05, 0) is 12.1 Å². The molecule has 21 heavy (non-hydrogen) atoms. The Balaban J connectivity index is 3.13. The molecule has 0 radical (unpaired) electrons. The largest absolute Gasteiger partial charge is 0.465 e. The Morgan fingerprint density at radius 2 is 1.76 bits per heavy atom. The number of carbonyl (C=O) groups is 1. The highest BCUT2D eigenvalue weighted by Crippen LogP contribution is 2.26. The van der Waals surface area contributed by atoms with Crippen LogP contribution in [0, 0.1) is 5.82 Å². The number of nitrogens with zero attached hydrogens (tertiary/aromatic N) is 1. The molecule has 1 rings (SSSR count). The normalized spacial score (nSPS) is 10.5. The van der Waals surface area contributed by atoms with Crippen molar-refractivity contribution in [1.82, 2.24) is 0 Å². The third-order valence-electron chi connectivity index (χ3n) is 3.00. The molecule has 0 heterocycles. The van der Waals surface area contributed by atoms with E-state index in [2.05, 4.69) is 4.74 Å². The van der Waals surface area contributed by atoms with Crippen molar-refractivity contribution in [1.29, 1.82) is 0 Å². The van der Waals surface area contributed by atoms with Crippen LogP contribution in [0.25, 0.3) is 0 Å². The molecule has 0 aliphatic heterocycles. The molecule has 0 fully saturated rings. The van der Waals surface area contributed by atoms with Crippen molar-refractivity contribution in [2.45, 2.75) is 0 Å². The first-order valence-corrected chi connectivity index (χ1v) is 6.45. The first kappa shape index (κ1) is 17.2. The standard InChI is InChI=1S/C14H21FN2O4/c1-19-6-4-17(5-7-20-2)13-8-10(14(18)21-3)12(16)9-11(13)15/h8-9H,4-7,16H2,1-3H3. The summed E-state index contributed by atoms with van der Waals surface area (Å²) in [6.07, 6.45) is 0. The SMILES string of the molecule is COCCN(CCOC)c1cc(C(=O)OC)c(N)cc1F. The molecule has 0 atom stereocenters. The van der Waals surface area contributed by atoms with Crippen molar-refractivity contribution in [3.63, 3.8) is 0 Å². The number of nitrogens with two attached hydrogens (primary N) is 1. The lowest BCUT2D eigenvalue weighted by Gasteiger charge is -2.25. The van der Waals surface area contributed by atoms with Crippen LogP contribution in [0.15, 0.2) is 12.1 Å². The fourth-order valence-electron chi connectivity index (χ4n) is 1.86. The summed E-state index contributed by atoms with van der Waals surface area (Å²) in [5, 5.41) is 0. The van der Waals surface area contributed by atoms with Crippen molar-refractivity contribution in [3.8, 4) is 0 Å². The highest BCUT2D eigenvalue weighted by atomic mass is 19.1. The Morgan fingerprint density at radius 1 is 1.19 bits per heavy atom. The zero-order valence-corrected chi connectivity index (χ0v) is 12.5. The maximum Gasteiger partial charge on any atom is 0.340 e. The minimum atomic E-state index is -0.604. The van der Waals surface area contributed by atoms with Gasteiger partial charge in [-0.2, -0.15) is 0 Å².